The van der Waals surface area contributed by atoms with E-state index in [-0.39, 0.29) is 5.41 Å². The third-order valence-electron chi connectivity index (χ3n) is 3.42. The lowest BCUT2D eigenvalue weighted by Crippen LogP contribution is -2.14. The van der Waals surface area contributed by atoms with Crippen LogP contribution in [0.15, 0.2) is 10.5 Å². The first-order chi connectivity index (χ1) is 7.89. The van der Waals surface area contributed by atoms with Crippen LogP contribution in [0.2, 0.25) is 0 Å². The van der Waals surface area contributed by atoms with E-state index in [1.165, 1.54) is 12.8 Å². The Hall–Kier alpha value is -1.25. The monoisotopic (exact) mass is 236 g/mol. The topological polar surface area (TPSA) is 50.4 Å². The van der Waals surface area contributed by atoms with Crippen molar-refractivity contribution in [1.82, 2.24) is 0 Å². The molecule has 0 saturated heterocycles. The molecule has 0 spiro atoms. The zero-order valence-corrected chi connectivity index (χ0v) is 10.7. The Morgan fingerprint density at radius 2 is 1.94 bits per heavy atom. The summed E-state index contributed by atoms with van der Waals surface area (Å²) in [5.74, 6) is 1.00. The maximum atomic E-state index is 11.2. The molecular formula is C14H20O3. The lowest BCUT2D eigenvalue weighted by Gasteiger charge is -2.16. The van der Waals surface area contributed by atoms with Gasteiger partial charge in [0.1, 0.15) is 17.1 Å². The highest BCUT2D eigenvalue weighted by Gasteiger charge is 2.30. The van der Waals surface area contributed by atoms with Crippen molar-refractivity contribution in [3.05, 3.63) is 23.2 Å². The number of hydrogen-bond acceptors (Lipinski definition) is 2. The number of hydrogen-bond donors (Lipinski definition) is 1. The minimum atomic E-state index is -0.886. The molecule has 1 aromatic heterocycles. The number of carboxylic acid groups (broad SMARTS) is 1. The van der Waals surface area contributed by atoms with Crippen LogP contribution in [0.5, 0.6) is 0 Å². The summed E-state index contributed by atoms with van der Waals surface area (Å²) in [4.78, 5) is 11.2. The Balaban J connectivity index is 2.40. The van der Waals surface area contributed by atoms with Crippen molar-refractivity contribution >= 4 is 5.97 Å². The molecule has 0 unspecified atom stereocenters. The molecule has 1 aliphatic rings. The molecule has 0 atom stereocenters. The van der Waals surface area contributed by atoms with Gasteiger partial charge in [0.05, 0.1) is 0 Å². The van der Waals surface area contributed by atoms with Crippen LogP contribution in [0, 0.1) is 0 Å². The summed E-state index contributed by atoms with van der Waals surface area (Å²) < 4.78 is 5.84. The molecule has 3 nitrogen and oxygen atoms in total. The van der Waals surface area contributed by atoms with Crippen LogP contribution < -0.4 is 0 Å². The fourth-order valence-electron chi connectivity index (χ4n) is 2.54. The first-order valence-electron chi connectivity index (χ1n) is 6.27. The van der Waals surface area contributed by atoms with E-state index in [9.17, 15) is 9.90 Å². The summed E-state index contributed by atoms with van der Waals surface area (Å²) in [6, 6.07) is 1.74. The molecule has 1 saturated carbocycles. The maximum Gasteiger partial charge on any atom is 0.339 e. The molecule has 1 fully saturated rings. The van der Waals surface area contributed by atoms with Gasteiger partial charge in [0, 0.05) is 11.3 Å². The summed E-state index contributed by atoms with van der Waals surface area (Å²) >= 11 is 0. The second kappa shape index (κ2) is 4.21. The van der Waals surface area contributed by atoms with Gasteiger partial charge in [0.2, 0.25) is 0 Å². The smallest absolute Gasteiger partial charge is 0.339 e. The molecule has 1 aliphatic carbocycles. The summed E-state index contributed by atoms with van der Waals surface area (Å²) in [6.45, 7) is 5.95. The van der Waals surface area contributed by atoms with Crippen LogP contribution in [-0.4, -0.2) is 11.1 Å². The number of carboxylic acids is 1. The minimum Gasteiger partial charge on any atom is -0.478 e. The van der Waals surface area contributed by atoms with E-state index in [2.05, 4.69) is 0 Å². The van der Waals surface area contributed by atoms with E-state index < -0.39 is 5.97 Å². The second-order valence-electron chi connectivity index (χ2n) is 5.93. The van der Waals surface area contributed by atoms with Crippen molar-refractivity contribution in [2.75, 3.05) is 0 Å². The first kappa shape index (κ1) is 12.2. The highest BCUT2D eigenvalue weighted by Crippen LogP contribution is 2.38. The van der Waals surface area contributed by atoms with Crippen molar-refractivity contribution in [3.63, 3.8) is 0 Å². The SMILES string of the molecule is CC(C)(C)c1oc(C2CCCC2)cc1C(=O)O. The van der Waals surface area contributed by atoms with Gasteiger partial charge in [-0.25, -0.2) is 4.79 Å². The van der Waals surface area contributed by atoms with E-state index in [4.69, 9.17) is 4.42 Å². The molecule has 17 heavy (non-hydrogen) atoms. The Morgan fingerprint density at radius 3 is 2.35 bits per heavy atom. The molecule has 3 heteroatoms. The van der Waals surface area contributed by atoms with Crippen LogP contribution in [-0.2, 0) is 5.41 Å². The Morgan fingerprint density at radius 1 is 1.35 bits per heavy atom. The molecule has 0 amide bonds. The van der Waals surface area contributed by atoms with E-state index in [1.54, 1.807) is 6.07 Å². The third kappa shape index (κ3) is 2.38. The average molecular weight is 236 g/mol. The molecule has 0 aromatic carbocycles. The second-order valence-corrected chi connectivity index (χ2v) is 5.93. The predicted octanol–water partition coefficient (Wildman–Crippen LogP) is 3.93. The molecule has 0 aliphatic heterocycles. The van der Waals surface area contributed by atoms with Crippen molar-refractivity contribution in [1.29, 1.82) is 0 Å². The Labute approximate surface area is 102 Å². The minimum absolute atomic E-state index is 0.259. The molecule has 1 N–H and O–H groups in total. The average Bonchev–Trinajstić information content (AvgIpc) is 2.85. The van der Waals surface area contributed by atoms with E-state index in [0.717, 1.165) is 18.6 Å². The first-order valence-corrected chi connectivity index (χ1v) is 6.27. The molecule has 2 rings (SSSR count). The van der Waals surface area contributed by atoms with Crippen molar-refractivity contribution in [2.24, 2.45) is 0 Å². The van der Waals surface area contributed by atoms with Gasteiger partial charge in [-0.2, -0.15) is 0 Å². The lowest BCUT2D eigenvalue weighted by molar-refractivity contribution is 0.0692. The number of rotatable bonds is 2. The molecule has 1 heterocycles. The standard InChI is InChI=1S/C14H20O3/c1-14(2,3)12-10(13(15)16)8-11(17-12)9-6-4-5-7-9/h8-9H,4-7H2,1-3H3,(H,15,16). The predicted molar refractivity (Wildman–Crippen MR) is 65.6 cm³/mol. The summed E-state index contributed by atoms with van der Waals surface area (Å²) in [5, 5.41) is 9.23. The fourth-order valence-corrected chi connectivity index (χ4v) is 2.54. The maximum absolute atomic E-state index is 11.2. The summed E-state index contributed by atoms with van der Waals surface area (Å²) in [6.07, 6.45) is 4.68. The molecule has 0 bridgehead atoms. The van der Waals surface area contributed by atoms with Gasteiger partial charge >= 0.3 is 5.97 Å². The van der Waals surface area contributed by atoms with Gasteiger partial charge in [-0.15, -0.1) is 0 Å². The van der Waals surface area contributed by atoms with Crippen molar-refractivity contribution < 1.29 is 14.3 Å². The van der Waals surface area contributed by atoms with Crippen LogP contribution in [0.1, 0.15) is 74.3 Å². The van der Waals surface area contributed by atoms with E-state index in [0.29, 0.717) is 17.2 Å². The van der Waals surface area contributed by atoms with E-state index in [1.807, 2.05) is 20.8 Å². The number of furan rings is 1. The van der Waals surface area contributed by atoms with Gasteiger partial charge in [0.15, 0.2) is 0 Å². The Bertz CT molecular complexity index is 417. The van der Waals surface area contributed by atoms with Gasteiger partial charge < -0.3 is 9.52 Å². The molecule has 1 aromatic rings. The molecular weight excluding hydrogens is 216 g/mol. The quantitative estimate of drug-likeness (QED) is 0.846. The third-order valence-corrected chi connectivity index (χ3v) is 3.42. The zero-order valence-electron chi connectivity index (χ0n) is 10.7. The van der Waals surface area contributed by atoms with Gasteiger partial charge in [-0.1, -0.05) is 33.6 Å². The van der Waals surface area contributed by atoms with Gasteiger partial charge in [-0.05, 0) is 18.9 Å². The Kier molecular flexibility index (Phi) is 3.02. The highest BCUT2D eigenvalue weighted by molar-refractivity contribution is 5.89. The summed E-state index contributed by atoms with van der Waals surface area (Å²) in [7, 11) is 0. The number of aromatic carboxylic acids is 1. The van der Waals surface area contributed by atoms with Crippen molar-refractivity contribution in [2.45, 2.75) is 57.8 Å². The summed E-state index contributed by atoms with van der Waals surface area (Å²) in [5.41, 5.74) is 0.0734. The van der Waals surface area contributed by atoms with Crippen LogP contribution >= 0.6 is 0 Å². The van der Waals surface area contributed by atoms with Gasteiger partial charge in [0.25, 0.3) is 0 Å². The zero-order chi connectivity index (χ0) is 12.6. The molecule has 94 valence electrons. The van der Waals surface area contributed by atoms with Crippen LogP contribution in [0.4, 0.5) is 0 Å². The number of carbonyl (C=O) groups is 1. The molecule has 0 radical (unpaired) electrons. The largest absolute Gasteiger partial charge is 0.478 e. The van der Waals surface area contributed by atoms with Gasteiger partial charge in [-0.3, -0.25) is 0 Å². The van der Waals surface area contributed by atoms with Crippen LogP contribution in [0.25, 0.3) is 0 Å². The fraction of sp³-hybridized carbons (Fsp3) is 0.643. The lowest BCUT2D eigenvalue weighted by atomic mass is 9.90. The van der Waals surface area contributed by atoms with E-state index >= 15 is 0 Å². The van der Waals surface area contributed by atoms with Crippen molar-refractivity contribution in [3.8, 4) is 0 Å². The highest BCUT2D eigenvalue weighted by atomic mass is 16.4. The van der Waals surface area contributed by atoms with Crippen LogP contribution in [0.3, 0.4) is 0 Å². The normalized spacial score (nSPS) is 17.6.